The van der Waals surface area contributed by atoms with Crippen molar-refractivity contribution in [3.05, 3.63) is 70.7 Å². The molecule has 9 nitrogen and oxygen atoms in total. The van der Waals surface area contributed by atoms with Gasteiger partial charge in [0.1, 0.15) is 11.5 Å². The van der Waals surface area contributed by atoms with Crippen LogP contribution in [0, 0.1) is 11.3 Å². The quantitative estimate of drug-likeness (QED) is 0.252. The van der Waals surface area contributed by atoms with Crippen LogP contribution in [0.15, 0.2) is 54.0 Å². The number of thiazole rings is 1. The minimum Gasteiger partial charge on any atom is -0.496 e. The van der Waals surface area contributed by atoms with E-state index >= 15 is 0 Å². The van der Waals surface area contributed by atoms with Gasteiger partial charge in [0.15, 0.2) is 5.13 Å². The highest BCUT2D eigenvalue weighted by atomic mass is 32.1. The third-order valence-electron chi connectivity index (χ3n) is 5.90. The van der Waals surface area contributed by atoms with Crippen LogP contribution in [0.25, 0.3) is 0 Å². The summed E-state index contributed by atoms with van der Waals surface area (Å²) < 4.78 is 5.37. The van der Waals surface area contributed by atoms with Crippen LogP contribution in [0.1, 0.15) is 27.9 Å². The summed E-state index contributed by atoms with van der Waals surface area (Å²) in [4.78, 5) is 43.9. The maximum Gasteiger partial charge on any atom is 0.300 e. The number of ether oxygens (including phenoxy) is 1. The SMILES string of the molecule is COc1cc(N)c(C(=N)C(=O)C(=O)Nc2nccs2)cc1C(=O)N1CCC(Cc2ccccc2)C1. The number of nitrogens with zero attached hydrogens (tertiary/aromatic N) is 2. The van der Waals surface area contributed by atoms with E-state index in [9.17, 15) is 14.4 Å². The molecule has 0 radical (unpaired) electrons. The van der Waals surface area contributed by atoms with Crippen LogP contribution in [0.2, 0.25) is 0 Å². The molecule has 0 spiro atoms. The first-order valence-electron chi connectivity index (χ1n) is 11.0. The molecule has 1 saturated heterocycles. The maximum absolute atomic E-state index is 13.4. The summed E-state index contributed by atoms with van der Waals surface area (Å²) in [6.45, 7) is 1.18. The topological polar surface area (TPSA) is 138 Å². The summed E-state index contributed by atoms with van der Waals surface area (Å²) in [6.07, 6.45) is 3.23. The highest BCUT2D eigenvalue weighted by molar-refractivity contribution is 7.13. The van der Waals surface area contributed by atoms with Crippen molar-refractivity contribution in [3.8, 4) is 5.75 Å². The van der Waals surface area contributed by atoms with Gasteiger partial charge in [-0.15, -0.1) is 11.3 Å². The lowest BCUT2D eigenvalue weighted by atomic mass is 9.98. The molecule has 0 bridgehead atoms. The Hall–Kier alpha value is -4.05. The first-order valence-corrected chi connectivity index (χ1v) is 11.9. The van der Waals surface area contributed by atoms with Crippen LogP contribution < -0.4 is 15.8 Å². The molecular weight excluding hydrogens is 466 g/mol. The molecule has 1 aliphatic heterocycles. The van der Waals surface area contributed by atoms with E-state index in [4.69, 9.17) is 15.9 Å². The van der Waals surface area contributed by atoms with Crippen molar-refractivity contribution in [2.45, 2.75) is 12.8 Å². The minimum absolute atomic E-state index is 0.00605. The largest absolute Gasteiger partial charge is 0.496 e. The lowest BCUT2D eigenvalue weighted by Gasteiger charge is -2.20. The molecule has 2 aromatic carbocycles. The van der Waals surface area contributed by atoms with Crippen LogP contribution in [0.5, 0.6) is 5.75 Å². The molecule has 2 amide bonds. The molecule has 1 aliphatic rings. The number of Topliss-reactive ketones (excluding diaryl/α,β-unsaturated/α-hetero) is 1. The van der Waals surface area contributed by atoms with E-state index in [-0.39, 0.29) is 33.6 Å². The number of nitrogens with one attached hydrogen (secondary N) is 2. The molecule has 1 unspecified atom stereocenters. The van der Waals surface area contributed by atoms with Gasteiger partial charge in [0.2, 0.25) is 0 Å². The van der Waals surface area contributed by atoms with Gasteiger partial charge in [-0.05, 0) is 30.4 Å². The predicted octanol–water partition coefficient (Wildman–Crippen LogP) is 3.01. The van der Waals surface area contributed by atoms with E-state index in [0.717, 1.165) is 24.2 Å². The smallest absolute Gasteiger partial charge is 0.300 e. The number of nitrogen functional groups attached to an aromatic ring is 1. The molecule has 0 aliphatic carbocycles. The number of carbonyl (C=O) groups excluding carboxylic acids is 3. The van der Waals surface area contributed by atoms with Crippen LogP contribution in [0.3, 0.4) is 0 Å². The Morgan fingerprint density at radius 2 is 2.00 bits per heavy atom. The van der Waals surface area contributed by atoms with Gasteiger partial charge in [-0.3, -0.25) is 25.1 Å². The second-order valence-corrected chi connectivity index (χ2v) is 9.13. The number of ketones is 1. The van der Waals surface area contributed by atoms with Crippen LogP contribution in [0.4, 0.5) is 10.8 Å². The predicted molar refractivity (Wildman–Crippen MR) is 134 cm³/mol. The molecule has 3 aromatic rings. The molecule has 10 heteroatoms. The van der Waals surface area contributed by atoms with Crippen molar-refractivity contribution < 1.29 is 19.1 Å². The maximum atomic E-state index is 13.4. The van der Waals surface area contributed by atoms with Gasteiger partial charge in [0, 0.05) is 42.0 Å². The van der Waals surface area contributed by atoms with E-state index in [1.807, 2.05) is 18.2 Å². The van der Waals surface area contributed by atoms with Gasteiger partial charge < -0.3 is 15.4 Å². The molecule has 35 heavy (non-hydrogen) atoms. The molecule has 1 aromatic heterocycles. The lowest BCUT2D eigenvalue weighted by molar-refractivity contribution is -0.130. The Morgan fingerprint density at radius 3 is 2.69 bits per heavy atom. The van der Waals surface area contributed by atoms with Gasteiger partial charge >= 0.3 is 0 Å². The second-order valence-electron chi connectivity index (χ2n) is 8.23. The summed E-state index contributed by atoms with van der Waals surface area (Å²) in [6, 6.07) is 12.9. The Balaban J connectivity index is 1.52. The minimum atomic E-state index is -1.08. The van der Waals surface area contributed by atoms with Crippen molar-refractivity contribution in [2.75, 3.05) is 31.2 Å². The monoisotopic (exact) mass is 491 g/mol. The summed E-state index contributed by atoms with van der Waals surface area (Å²) in [7, 11) is 1.42. The number of anilines is 2. The van der Waals surface area contributed by atoms with Crippen molar-refractivity contribution in [1.29, 1.82) is 5.41 Å². The zero-order chi connectivity index (χ0) is 24.9. The van der Waals surface area contributed by atoms with E-state index in [0.29, 0.717) is 19.0 Å². The van der Waals surface area contributed by atoms with Crippen molar-refractivity contribution in [3.63, 3.8) is 0 Å². The van der Waals surface area contributed by atoms with Crippen molar-refractivity contribution in [2.24, 2.45) is 5.92 Å². The molecule has 4 rings (SSSR count). The van der Waals surface area contributed by atoms with Gasteiger partial charge in [0.25, 0.3) is 17.6 Å². The molecular formula is C25H25N5O4S. The number of aromatic nitrogens is 1. The standard InChI is InChI=1S/C25H25N5O4S/c1-34-20-13-19(26)17(21(27)22(31)23(32)29-25-28-8-10-35-25)12-18(20)24(33)30-9-7-16(14-30)11-15-5-3-2-4-6-15/h2-6,8,10,12-13,16,27H,7,9,11,14,26H2,1H3,(H,28,29,32). The molecule has 0 saturated carbocycles. The zero-order valence-electron chi connectivity index (χ0n) is 19.1. The third-order valence-corrected chi connectivity index (χ3v) is 6.59. The number of amides is 2. The van der Waals surface area contributed by atoms with E-state index < -0.39 is 17.4 Å². The zero-order valence-corrected chi connectivity index (χ0v) is 19.9. The molecule has 180 valence electrons. The first kappa shape index (κ1) is 24.1. The Kier molecular flexibility index (Phi) is 7.21. The summed E-state index contributed by atoms with van der Waals surface area (Å²) in [5.41, 5.74) is 6.91. The third kappa shape index (κ3) is 5.38. The lowest BCUT2D eigenvalue weighted by Crippen LogP contribution is -2.32. The number of likely N-dealkylation sites (tertiary alicyclic amines) is 1. The number of hydrogen-bond acceptors (Lipinski definition) is 8. The number of nitrogens with two attached hydrogens (primary N) is 1. The second kappa shape index (κ2) is 10.5. The highest BCUT2D eigenvalue weighted by Crippen LogP contribution is 2.30. The Labute approximate surface area is 206 Å². The highest BCUT2D eigenvalue weighted by Gasteiger charge is 2.31. The van der Waals surface area contributed by atoms with Crippen LogP contribution >= 0.6 is 11.3 Å². The fourth-order valence-corrected chi connectivity index (χ4v) is 4.65. The number of rotatable bonds is 8. The molecule has 2 heterocycles. The van der Waals surface area contributed by atoms with E-state index in [1.54, 1.807) is 10.3 Å². The average molecular weight is 492 g/mol. The van der Waals surface area contributed by atoms with Crippen molar-refractivity contribution >= 4 is 45.5 Å². The fourth-order valence-electron chi connectivity index (χ4n) is 4.12. The van der Waals surface area contributed by atoms with E-state index in [1.165, 1.54) is 31.0 Å². The van der Waals surface area contributed by atoms with Crippen LogP contribution in [-0.4, -0.2) is 53.4 Å². The molecule has 4 N–H and O–H groups in total. The van der Waals surface area contributed by atoms with Crippen molar-refractivity contribution in [1.82, 2.24) is 9.88 Å². The summed E-state index contributed by atoms with van der Waals surface area (Å²) in [5.74, 6) is -1.78. The van der Waals surface area contributed by atoms with Gasteiger partial charge in [-0.2, -0.15) is 0 Å². The summed E-state index contributed by atoms with van der Waals surface area (Å²) in [5, 5.41) is 12.5. The first-order chi connectivity index (χ1) is 16.9. The molecule has 1 atom stereocenters. The summed E-state index contributed by atoms with van der Waals surface area (Å²) >= 11 is 1.15. The van der Waals surface area contributed by atoms with Gasteiger partial charge in [-0.1, -0.05) is 30.3 Å². The van der Waals surface area contributed by atoms with Gasteiger partial charge in [-0.25, -0.2) is 4.98 Å². The Morgan fingerprint density at radius 1 is 1.23 bits per heavy atom. The molecule has 1 fully saturated rings. The number of methoxy groups -OCH3 is 1. The van der Waals surface area contributed by atoms with Crippen LogP contribution in [-0.2, 0) is 16.0 Å². The normalized spacial score (nSPS) is 15.0. The number of benzene rings is 2. The Bertz CT molecular complexity index is 1260. The van der Waals surface area contributed by atoms with E-state index in [2.05, 4.69) is 22.4 Å². The number of hydrogen-bond donors (Lipinski definition) is 3. The average Bonchev–Trinajstić information content (AvgIpc) is 3.55. The van der Waals surface area contributed by atoms with Gasteiger partial charge in [0.05, 0.1) is 12.7 Å². The fraction of sp³-hybridized carbons (Fsp3) is 0.240. The number of carbonyl (C=O) groups is 3.